The molecule has 0 amide bonds. The predicted molar refractivity (Wildman–Crippen MR) is 269 cm³/mol. The molecule has 1 aliphatic heterocycles. The summed E-state index contributed by atoms with van der Waals surface area (Å²) in [6.07, 6.45) is 1.21. The molecule has 0 unspecified atom stereocenters. The van der Waals surface area contributed by atoms with Crippen LogP contribution in [0.25, 0.3) is 11.1 Å². The molecule has 66 heavy (non-hydrogen) atoms. The van der Waals surface area contributed by atoms with Crippen LogP contribution in [-0.2, 0) is 46.1 Å². The van der Waals surface area contributed by atoms with Crippen molar-refractivity contribution in [2.75, 3.05) is 18.2 Å². The maximum Gasteiger partial charge on any atom is 2.00 e. The van der Waals surface area contributed by atoms with Gasteiger partial charge in [0.2, 0.25) is 0 Å². The molecular formula is C53H48NO7P2PdS2-. The summed E-state index contributed by atoms with van der Waals surface area (Å²) in [7, 11) is -9.48. The fourth-order valence-corrected chi connectivity index (χ4v) is 12.1. The average Bonchev–Trinajstić information content (AvgIpc) is 3.28. The first-order valence-corrected chi connectivity index (χ1v) is 26.7. The first kappa shape index (κ1) is 51.7. The Balaban J connectivity index is 0.000000279. The van der Waals surface area contributed by atoms with Crippen molar-refractivity contribution in [2.45, 2.75) is 19.3 Å². The molecule has 1 heterocycles. The van der Waals surface area contributed by atoms with Gasteiger partial charge in [0.1, 0.15) is 11.5 Å². The first-order chi connectivity index (χ1) is 31.0. The molecule has 0 aromatic heterocycles. The van der Waals surface area contributed by atoms with E-state index in [4.69, 9.17) is 36.4 Å². The summed E-state index contributed by atoms with van der Waals surface area (Å²) in [6, 6.07) is 75.9. The molecule has 8 aromatic carbocycles. The molecule has 0 radical (unpaired) electrons. The van der Waals surface area contributed by atoms with Gasteiger partial charge in [-0.05, 0) is 48.8 Å². The van der Waals surface area contributed by atoms with E-state index in [1.807, 2.05) is 48.5 Å². The monoisotopic (exact) mass is 1040 g/mol. The third-order valence-corrected chi connectivity index (χ3v) is 15.0. The number of anilines is 1. The summed E-state index contributed by atoms with van der Waals surface area (Å²) in [5.74, 6) is 2.02. The van der Waals surface area contributed by atoms with Crippen LogP contribution in [-0.4, -0.2) is 38.5 Å². The van der Waals surface area contributed by atoms with Crippen LogP contribution in [0.2, 0.25) is 0 Å². The zero-order chi connectivity index (χ0) is 46.6. The molecule has 340 valence electrons. The molecule has 1 aliphatic rings. The molecule has 0 saturated carbocycles. The molecule has 0 saturated heterocycles. The van der Waals surface area contributed by atoms with E-state index in [9.17, 15) is 0 Å². The Kier molecular flexibility index (Phi) is 18.3. The molecule has 13 heteroatoms. The standard InChI is InChI=1S/C39H32OP2.C12H10N.2CH4O3S.Pd/c1-39(2)33-25-15-27-35(41(29-17-7-3-8-18-29)30-19-9-4-10-20-30)37(33)40-38-34(39)26-16-28-36(38)42(31-21-11-5-12-22-31)32-23-13-6-14-24-32;13-12-9-5-4-8-11(12)10-6-2-1-3-7-10;2*1-5(2,3)4;/h3-28H,1-2H3;1-6,8-9H,13H2;2*1H3,(H,2,3,4);/q;-1;;;+2/p-2. The van der Waals surface area contributed by atoms with Gasteiger partial charge in [0.25, 0.3) is 0 Å². The number of nitrogens with two attached hydrogens (primary N) is 1. The minimum Gasteiger partial charge on any atom is -0.748 e. The predicted octanol–water partition coefficient (Wildman–Crippen LogP) is 8.69. The Labute approximate surface area is 405 Å². The molecule has 0 aliphatic carbocycles. The van der Waals surface area contributed by atoms with Gasteiger partial charge in [-0.15, -0.1) is 35.9 Å². The van der Waals surface area contributed by atoms with Crippen molar-refractivity contribution in [3.63, 3.8) is 0 Å². The molecule has 2 N–H and O–H groups in total. The number of ether oxygens (including phenoxy) is 1. The van der Waals surface area contributed by atoms with Gasteiger partial charge in [-0.1, -0.05) is 195 Å². The van der Waals surface area contributed by atoms with Crippen LogP contribution in [0.1, 0.15) is 25.0 Å². The Bertz CT molecular complexity index is 2760. The normalized spacial score (nSPS) is 12.2. The second-order valence-electron chi connectivity index (χ2n) is 15.3. The van der Waals surface area contributed by atoms with E-state index in [0.29, 0.717) is 12.5 Å². The molecule has 0 atom stereocenters. The van der Waals surface area contributed by atoms with E-state index in [2.05, 4.69) is 178 Å². The Hall–Kier alpha value is -5.30. The van der Waals surface area contributed by atoms with Crippen molar-refractivity contribution < 1.29 is 51.1 Å². The van der Waals surface area contributed by atoms with E-state index >= 15 is 0 Å². The van der Waals surface area contributed by atoms with Crippen LogP contribution in [0.5, 0.6) is 11.5 Å². The first-order valence-electron chi connectivity index (χ1n) is 20.4. The van der Waals surface area contributed by atoms with Crippen molar-refractivity contribution in [1.82, 2.24) is 0 Å². The quantitative estimate of drug-likeness (QED) is 0.0548. The number of nitrogen functional groups attached to an aromatic ring is 1. The van der Waals surface area contributed by atoms with E-state index in [1.54, 1.807) is 0 Å². The molecular weight excluding hydrogens is 995 g/mol. The summed E-state index contributed by atoms with van der Waals surface area (Å²) in [5.41, 5.74) is 11.0. The van der Waals surface area contributed by atoms with Crippen LogP contribution in [0, 0.1) is 6.07 Å². The molecule has 0 spiro atoms. The molecule has 8 aromatic rings. The van der Waals surface area contributed by atoms with E-state index < -0.39 is 36.1 Å². The van der Waals surface area contributed by atoms with Crippen LogP contribution in [0.15, 0.2) is 206 Å². The fourth-order valence-electron chi connectivity index (χ4n) is 7.31. The van der Waals surface area contributed by atoms with Crippen molar-refractivity contribution in [3.05, 3.63) is 223 Å². The zero-order valence-corrected chi connectivity index (χ0v) is 41.6. The van der Waals surface area contributed by atoms with Crippen LogP contribution in [0.3, 0.4) is 0 Å². The SMILES string of the molecule is CC1(C)c2cccc(P(c3ccccc3)c3ccccc3)c2Oc2c(P(c3ccccc3)c3ccccc3)cccc21.CS(=O)(=O)[O-].CS(=O)(=O)[O-].Nc1ccccc1-c1[c-]cccc1.[Pd+2]. The van der Waals surface area contributed by atoms with Crippen LogP contribution >= 0.6 is 15.8 Å². The zero-order valence-electron chi connectivity index (χ0n) is 36.6. The molecule has 8 nitrogen and oxygen atoms in total. The summed E-state index contributed by atoms with van der Waals surface area (Å²) in [5, 5.41) is 7.81. The van der Waals surface area contributed by atoms with Crippen molar-refractivity contribution >= 4 is 73.6 Å². The number of hydrogen-bond donors (Lipinski definition) is 1. The van der Waals surface area contributed by atoms with Gasteiger partial charge in [0, 0.05) is 39.7 Å². The van der Waals surface area contributed by atoms with Gasteiger partial charge in [0.05, 0.1) is 20.2 Å². The number of hydrogen-bond acceptors (Lipinski definition) is 8. The summed E-state index contributed by atoms with van der Waals surface area (Å²) < 4.78 is 61.7. The minimum absolute atomic E-state index is 0. The third-order valence-electron chi connectivity index (χ3n) is 10.0. The van der Waals surface area contributed by atoms with Gasteiger partial charge < -0.3 is 19.6 Å². The summed E-state index contributed by atoms with van der Waals surface area (Å²) in [6.45, 7) is 4.70. The smallest absolute Gasteiger partial charge is 0.748 e. The van der Waals surface area contributed by atoms with Crippen molar-refractivity contribution in [1.29, 1.82) is 0 Å². The number of benzene rings is 8. The van der Waals surface area contributed by atoms with Gasteiger partial charge in [0.15, 0.2) is 0 Å². The maximum atomic E-state index is 9.08. The largest absolute Gasteiger partial charge is 2.00 e. The molecule has 0 fully saturated rings. The summed E-state index contributed by atoms with van der Waals surface area (Å²) >= 11 is 0. The number of para-hydroxylation sites is 3. The third kappa shape index (κ3) is 14.1. The second-order valence-corrected chi connectivity index (χ2v) is 22.5. The Morgan fingerprint density at radius 3 is 1.15 bits per heavy atom. The number of fused-ring (bicyclic) bond motifs is 2. The fraction of sp³-hybridized carbons (Fsp3) is 0.0943. The van der Waals surface area contributed by atoms with Gasteiger partial charge in [-0.25, -0.2) is 16.8 Å². The van der Waals surface area contributed by atoms with E-state index in [-0.39, 0.29) is 25.8 Å². The minimum atomic E-state index is -3.92. The van der Waals surface area contributed by atoms with Gasteiger partial charge in [-0.3, -0.25) is 0 Å². The van der Waals surface area contributed by atoms with E-state index in [1.165, 1.54) is 43.0 Å². The topological polar surface area (TPSA) is 150 Å². The maximum absolute atomic E-state index is 9.08. The molecule has 9 rings (SSSR count). The van der Waals surface area contributed by atoms with Gasteiger partial charge in [-0.2, -0.15) is 0 Å². The Morgan fingerprint density at radius 1 is 0.485 bits per heavy atom. The van der Waals surface area contributed by atoms with Crippen molar-refractivity contribution in [2.24, 2.45) is 0 Å². The van der Waals surface area contributed by atoms with Crippen LogP contribution in [0.4, 0.5) is 5.69 Å². The molecule has 0 bridgehead atoms. The van der Waals surface area contributed by atoms with Gasteiger partial charge >= 0.3 is 20.4 Å². The number of rotatable bonds is 7. The van der Waals surface area contributed by atoms with Crippen LogP contribution < -0.4 is 42.3 Å². The van der Waals surface area contributed by atoms with Crippen molar-refractivity contribution in [3.8, 4) is 22.6 Å². The summed E-state index contributed by atoms with van der Waals surface area (Å²) in [4.78, 5) is 0. The Morgan fingerprint density at radius 2 is 0.818 bits per heavy atom. The van der Waals surface area contributed by atoms with E-state index in [0.717, 1.165) is 28.3 Å². The second kappa shape index (κ2) is 23.4. The average molecular weight is 1040 g/mol.